The highest BCUT2D eigenvalue weighted by molar-refractivity contribution is 6.14. The first-order valence-electron chi connectivity index (χ1n) is 39.1. The summed E-state index contributed by atoms with van der Waals surface area (Å²) >= 11 is 0. The molecule has 14 aromatic carbocycles. The van der Waals surface area contributed by atoms with Crippen LogP contribution in [-0.2, 0) is 22.7 Å². The van der Waals surface area contributed by atoms with Crippen molar-refractivity contribution >= 4 is 88.3 Å². The van der Waals surface area contributed by atoms with E-state index in [2.05, 4.69) is 401 Å². The van der Waals surface area contributed by atoms with Gasteiger partial charge in [0.05, 0.1) is 27.8 Å². The van der Waals surface area contributed by atoms with Gasteiger partial charge in [0, 0.05) is 78.1 Å². The topological polar surface area (TPSA) is 16.3 Å². The molecular formula is C105H84N4. The van der Waals surface area contributed by atoms with Crippen molar-refractivity contribution in [1.82, 2.24) is 9.13 Å². The fourth-order valence-corrected chi connectivity index (χ4v) is 20.1. The predicted octanol–water partition coefficient (Wildman–Crippen LogP) is 27.7. The van der Waals surface area contributed by atoms with Crippen LogP contribution in [0.5, 0.6) is 0 Å². The Kier molecular flexibility index (Phi) is 14.6. The lowest BCUT2D eigenvalue weighted by Crippen LogP contribution is -2.33. The standard InChI is InChI=1S/C105H84N4/c1-66-57-67(68-42-54-100-90(58-68)88-36-22-24-38-98(88)108(100)74-28-13-9-14-29-74)41-53-97(66)107(76-44-49-83-79-32-18-17-25-72(79)65-103(2,3)93(83)62-76)78-46-51-86-84-47-39-69(60-94(84)105(6,7)96(86)64-78)70-40-48-89-91-59-71(43-55-101(91)109(102(89)61-70)75-30-15-10-16-31-75)80-52-56-99(87-35-20-19-33-81(80)87)106(73-26-11-8-12-27-73)77-45-50-85-82-34-21-23-37-92(82)104(4,5)95(85)63-77/h8-56,58-63,66,96H,57,64-65H2,1-7H3. The lowest BCUT2D eigenvalue weighted by atomic mass is 9.70. The molecule has 109 heavy (non-hydrogen) atoms. The number of rotatable bonds is 11. The summed E-state index contributed by atoms with van der Waals surface area (Å²) in [6.07, 6.45) is 12.7. The minimum absolute atomic E-state index is 0.0470. The average molecular weight is 1400 g/mol. The fraction of sp³-hybridized carbons (Fsp3) is 0.143. The van der Waals surface area contributed by atoms with Crippen molar-refractivity contribution in [2.45, 2.75) is 84.0 Å². The molecule has 524 valence electrons. The van der Waals surface area contributed by atoms with E-state index in [4.69, 9.17) is 0 Å². The molecule has 0 N–H and O–H groups in total. The number of fused-ring (bicyclic) bond motifs is 16. The normalized spacial score (nSPS) is 16.9. The zero-order chi connectivity index (χ0) is 73.2. The largest absolute Gasteiger partial charge is 0.318 e. The molecule has 4 nitrogen and oxygen atoms in total. The molecule has 0 spiro atoms. The Morgan fingerprint density at radius 3 is 1.63 bits per heavy atom. The van der Waals surface area contributed by atoms with Crippen molar-refractivity contribution < 1.29 is 0 Å². The summed E-state index contributed by atoms with van der Waals surface area (Å²) in [5.74, 6) is 0.500. The molecule has 4 heteroatoms. The number of anilines is 4. The minimum Gasteiger partial charge on any atom is -0.318 e. The Morgan fingerprint density at radius 1 is 0.330 bits per heavy atom. The van der Waals surface area contributed by atoms with Gasteiger partial charge in [-0.05, 0) is 257 Å². The van der Waals surface area contributed by atoms with Gasteiger partial charge in [0.2, 0.25) is 0 Å². The van der Waals surface area contributed by atoms with E-state index in [-0.39, 0.29) is 28.1 Å². The molecule has 5 aliphatic carbocycles. The molecule has 0 radical (unpaired) electrons. The van der Waals surface area contributed by atoms with Gasteiger partial charge in [-0.15, -0.1) is 0 Å². The van der Waals surface area contributed by atoms with Crippen molar-refractivity contribution in [2.24, 2.45) is 11.8 Å². The zero-order valence-corrected chi connectivity index (χ0v) is 62.8. The second-order valence-corrected chi connectivity index (χ2v) is 33.0. The van der Waals surface area contributed by atoms with Crippen LogP contribution in [0.1, 0.15) is 100 Å². The third-order valence-electron chi connectivity index (χ3n) is 25.6. The Morgan fingerprint density at radius 2 is 0.881 bits per heavy atom. The molecule has 2 unspecified atom stereocenters. The van der Waals surface area contributed by atoms with Crippen LogP contribution < -0.4 is 9.80 Å². The molecule has 16 aromatic rings. The molecule has 0 saturated carbocycles. The van der Waals surface area contributed by atoms with Crippen LogP contribution in [0.4, 0.5) is 22.7 Å². The number of nitrogens with zero attached hydrogens (tertiary/aromatic N) is 4. The molecule has 0 saturated heterocycles. The van der Waals surface area contributed by atoms with E-state index in [1.165, 1.54) is 172 Å². The quantitative estimate of drug-likeness (QED) is 0.128. The van der Waals surface area contributed by atoms with Crippen molar-refractivity contribution in [3.8, 4) is 55.9 Å². The molecular weight excluding hydrogens is 1320 g/mol. The van der Waals surface area contributed by atoms with Gasteiger partial charge in [-0.2, -0.15) is 0 Å². The maximum atomic E-state index is 2.68. The molecule has 0 bridgehead atoms. The van der Waals surface area contributed by atoms with Gasteiger partial charge in [-0.25, -0.2) is 0 Å². The Labute approximate surface area is 638 Å². The number of benzene rings is 14. The van der Waals surface area contributed by atoms with Crippen LogP contribution in [0.2, 0.25) is 0 Å². The monoisotopic (exact) mass is 1400 g/mol. The maximum absolute atomic E-state index is 2.68. The summed E-state index contributed by atoms with van der Waals surface area (Å²) in [5, 5.41) is 7.44. The Hall–Kier alpha value is -12.5. The maximum Gasteiger partial charge on any atom is 0.0547 e. The van der Waals surface area contributed by atoms with E-state index in [1.54, 1.807) is 0 Å². The van der Waals surface area contributed by atoms with E-state index >= 15 is 0 Å². The van der Waals surface area contributed by atoms with E-state index in [0.717, 1.165) is 42.0 Å². The molecule has 0 aliphatic heterocycles. The second-order valence-electron chi connectivity index (χ2n) is 33.0. The highest BCUT2D eigenvalue weighted by Gasteiger charge is 2.46. The number of para-hydroxylation sites is 4. The molecule has 5 aliphatic rings. The summed E-state index contributed by atoms with van der Waals surface area (Å²) in [6, 6.07) is 117. The zero-order valence-electron chi connectivity index (χ0n) is 62.8. The van der Waals surface area contributed by atoms with Gasteiger partial charge in [-0.3, -0.25) is 0 Å². The van der Waals surface area contributed by atoms with Gasteiger partial charge in [0.1, 0.15) is 0 Å². The second kappa shape index (κ2) is 24.5. The molecule has 21 rings (SSSR count). The van der Waals surface area contributed by atoms with E-state index in [0.29, 0.717) is 0 Å². The number of allylic oxidation sites excluding steroid dienone is 8. The summed E-state index contributed by atoms with van der Waals surface area (Å²) in [4.78, 5) is 5.14. The summed E-state index contributed by atoms with van der Waals surface area (Å²) in [5.41, 5.74) is 36.8. The predicted molar refractivity (Wildman–Crippen MR) is 460 cm³/mol. The number of aromatic nitrogens is 2. The highest BCUT2D eigenvalue weighted by Crippen LogP contribution is 2.58. The van der Waals surface area contributed by atoms with Crippen LogP contribution in [0.25, 0.3) is 121 Å². The molecule has 0 amide bonds. The summed E-state index contributed by atoms with van der Waals surface area (Å²) in [7, 11) is 0. The van der Waals surface area contributed by atoms with Crippen LogP contribution >= 0.6 is 0 Å². The van der Waals surface area contributed by atoms with Crippen molar-refractivity contribution in [3.05, 3.63) is 384 Å². The van der Waals surface area contributed by atoms with E-state index < -0.39 is 0 Å². The minimum atomic E-state index is -0.167. The Bertz CT molecular complexity index is 6620. The van der Waals surface area contributed by atoms with Gasteiger partial charge in [0.25, 0.3) is 0 Å². The van der Waals surface area contributed by atoms with Crippen LogP contribution in [-0.4, -0.2) is 9.13 Å². The van der Waals surface area contributed by atoms with Gasteiger partial charge in [0.15, 0.2) is 0 Å². The number of hydrogen-bond donors (Lipinski definition) is 0. The van der Waals surface area contributed by atoms with Gasteiger partial charge < -0.3 is 18.9 Å². The van der Waals surface area contributed by atoms with E-state index in [9.17, 15) is 0 Å². The first-order chi connectivity index (χ1) is 53.2. The van der Waals surface area contributed by atoms with Crippen LogP contribution in [0.3, 0.4) is 0 Å². The summed E-state index contributed by atoms with van der Waals surface area (Å²) < 4.78 is 4.90. The lowest BCUT2D eigenvalue weighted by Gasteiger charge is -2.41. The average Bonchev–Trinajstić information content (AvgIpc) is 1.61. The molecule has 2 atom stereocenters. The first kappa shape index (κ1) is 64.8. The van der Waals surface area contributed by atoms with E-state index in [1.807, 2.05) is 0 Å². The fourth-order valence-electron chi connectivity index (χ4n) is 20.1. The van der Waals surface area contributed by atoms with Crippen LogP contribution in [0.15, 0.2) is 345 Å². The highest BCUT2D eigenvalue weighted by atomic mass is 15.2. The molecule has 0 fully saturated rings. The Balaban J connectivity index is 0.635. The SMILES string of the molecule is CC1CC(c2ccc3c(c2)c2ccccc2n3-c2ccccc2)=CC=C1N(C1=CC=C2c3ccc(-c4ccc5c6cc(-c7ccc(N(c8ccccc8)c8ccc9c(c8)C(C)(C)c8ccccc8-9)c8ccccc78)ccc6n(-c6ccccc6)c5c4)cc3C(C)(C)C2C1)c1ccc2c(c1)C(C)(C)Cc1ccccc1-2. The van der Waals surface area contributed by atoms with Crippen molar-refractivity contribution in [3.63, 3.8) is 0 Å². The first-order valence-corrected chi connectivity index (χ1v) is 39.1. The van der Waals surface area contributed by atoms with Crippen LogP contribution in [0, 0.1) is 11.8 Å². The molecule has 2 heterocycles. The van der Waals surface area contributed by atoms with Crippen molar-refractivity contribution in [2.75, 3.05) is 9.80 Å². The lowest BCUT2D eigenvalue weighted by molar-refractivity contribution is 0.405. The summed E-state index contributed by atoms with van der Waals surface area (Å²) in [6.45, 7) is 17.1. The molecule has 2 aromatic heterocycles. The van der Waals surface area contributed by atoms with Crippen molar-refractivity contribution in [1.29, 1.82) is 0 Å². The smallest absolute Gasteiger partial charge is 0.0547 e. The third-order valence-corrected chi connectivity index (χ3v) is 25.6. The number of hydrogen-bond acceptors (Lipinski definition) is 2. The van der Waals surface area contributed by atoms with Gasteiger partial charge >= 0.3 is 0 Å². The van der Waals surface area contributed by atoms with Gasteiger partial charge in [-0.1, -0.05) is 261 Å². The third kappa shape index (κ3) is 10.1.